The molecule has 2 aromatic rings. The fourth-order valence-corrected chi connectivity index (χ4v) is 3.55. The smallest absolute Gasteiger partial charge is 0.410 e. The summed E-state index contributed by atoms with van der Waals surface area (Å²) in [6.07, 6.45) is 1.73. The molecule has 1 aliphatic heterocycles. The molecule has 1 fully saturated rings. The van der Waals surface area contributed by atoms with Gasteiger partial charge in [-0.15, -0.1) is 0 Å². The Morgan fingerprint density at radius 3 is 2.70 bits per heavy atom. The van der Waals surface area contributed by atoms with Crippen LogP contribution in [0.5, 0.6) is 0 Å². The maximum absolute atomic E-state index is 12.1. The maximum Gasteiger partial charge on any atom is 0.410 e. The predicted octanol–water partition coefficient (Wildman–Crippen LogP) is 4.28. The van der Waals surface area contributed by atoms with E-state index in [2.05, 4.69) is 51.0 Å². The van der Waals surface area contributed by atoms with Crippen molar-refractivity contribution in [3.8, 4) is 0 Å². The molecule has 1 aliphatic rings. The summed E-state index contributed by atoms with van der Waals surface area (Å²) in [6, 6.07) is 6.49. The molecule has 1 saturated heterocycles. The molecule has 0 atom stereocenters. The summed E-state index contributed by atoms with van der Waals surface area (Å²) in [5.41, 5.74) is 1.89. The molecule has 5 nitrogen and oxygen atoms in total. The molecule has 1 amide bonds. The summed E-state index contributed by atoms with van der Waals surface area (Å²) < 4.78 is 6.52. The zero-order valence-electron chi connectivity index (χ0n) is 13.7. The highest BCUT2D eigenvalue weighted by molar-refractivity contribution is 14.1. The van der Waals surface area contributed by atoms with Crippen LogP contribution in [0, 0.1) is 3.70 Å². The Balaban J connectivity index is 1.65. The van der Waals surface area contributed by atoms with E-state index in [0.717, 1.165) is 35.1 Å². The van der Waals surface area contributed by atoms with Gasteiger partial charge in [0, 0.05) is 18.5 Å². The van der Waals surface area contributed by atoms with E-state index >= 15 is 0 Å². The van der Waals surface area contributed by atoms with Crippen molar-refractivity contribution in [2.75, 3.05) is 13.1 Å². The molecule has 0 aliphatic carbocycles. The Morgan fingerprint density at radius 2 is 2.04 bits per heavy atom. The zero-order valence-corrected chi connectivity index (χ0v) is 15.9. The van der Waals surface area contributed by atoms with Gasteiger partial charge in [-0.2, -0.15) is 5.10 Å². The Hall–Kier alpha value is -1.31. The second-order valence-electron chi connectivity index (χ2n) is 7.06. The molecule has 0 radical (unpaired) electrons. The van der Waals surface area contributed by atoms with Crippen molar-refractivity contribution >= 4 is 39.6 Å². The number of amides is 1. The van der Waals surface area contributed by atoms with Gasteiger partial charge < -0.3 is 9.64 Å². The third-order valence-electron chi connectivity index (χ3n) is 4.15. The largest absolute Gasteiger partial charge is 0.444 e. The second kappa shape index (κ2) is 6.30. The first kappa shape index (κ1) is 16.5. The molecule has 2 heterocycles. The summed E-state index contributed by atoms with van der Waals surface area (Å²) in [4.78, 5) is 13.9. The number of hydrogen-bond donors (Lipinski definition) is 1. The van der Waals surface area contributed by atoms with E-state index < -0.39 is 5.60 Å². The normalized spacial score (nSPS) is 16.8. The molecule has 1 aromatic heterocycles. The summed E-state index contributed by atoms with van der Waals surface area (Å²) in [6.45, 7) is 7.19. The van der Waals surface area contributed by atoms with Crippen LogP contribution in [0.4, 0.5) is 4.79 Å². The number of piperidine rings is 1. The molecule has 23 heavy (non-hydrogen) atoms. The first-order chi connectivity index (χ1) is 10.8. The molecule has 6 heteroatoms. The molecular formula is C17H22IN3O2. The van der Waals surface area contributed by atoms with Crippen LogP contribution >= 0.6 is 22.6 Å². The van der Waals surface area contributed by atoms with Crippen molar-refractivity contribution in [3.05, 3.63) is 27.5 Å². The summed E-state index contributed by atoms with van der Waals surface area (Å²) in [5, 5.41) is 8.53. The number of rotatable bonds is 1. The van der Waals surface area contributed by atoms with Gasteiger partial charge in [-0.3, -0.25) is 5.10 Å². The van der Waals surface area contributed by atoms with E-state index in [9.17, 15) is 4.79 Å². The lowest BCUT2D eigenvalue weighted by Crippen LogP contribution is -2.41. The number of hydrogen-bond acceptors (Lipinski definition) is 3. The van der Waals surface area contributed by atoms with Crippen LogP contribution in [0.15, 0.2) is 18.2 Å². The number of aromatic amines is 1. The Kier molecular flexibility index (Phi) is 4.53. The average molecular weight is 427 g/mol. The first-order valence-corrected chi connectivity index (χ1v) is 9.03. The summed E-state index contributed by atoms with van der Waals surface area (Å²) >= 11 is 2.26. The topological polar surface area (TPSA) is 58.2 Å². The quantitative estimate of drug-likeness (QED) is 0.692. The number of fused-ring (bicyclic) bond motifs is 1. The highest BCUT2D eigenvalue weighted by atomic mass is 127. The molecule has 0 saturated carbocycles. The highest BCUT2D eigenvalue weighted by Gasteiger charge is 2.27. The van der Waals surface area contributed by atoms with E-state index in [4.69, 9.17) is 4.74 Å². The predicted molar refractivity (Wildman–Crippen MR) is 98.6 cm³/mol. The number of aromatic nitrogens is 2. The number of carbonyl (C=O) groups excluding carboxylic acids is 1. The number of nitrogens with one attached hydrogen (secondary N) is 1. The van der Waals surface area contributed by atoms with Gasteiger partial charge in [0.05, 0.1) is 5.52 Å². The molecule has 1 aromatic carbocycles. The molecule has 1 N–H and O–H groups in total. The van der Waals surface area contributed by atoms with Crippen molar-refractivity contribution in [3.63, 3.8) is 0 Å². The van der Waals surface area contributed by atoms with Gasteiger partial charge in [0.15, 0.2) is 0 Å². The molecule has 3 rings (SSSR count). The lowest BCUT2D eigenvalue weighted by atomic mass is 9.89. The SMILES string of the molecule is CC(C)(C)OC(=O)N1CCC(c2ccc3c(I)[nH]nc3c2)CC1. The van der Waals surface area contributed by atoms with E-state index in [-0.39, 0.29) is 6.09 Å². The van der Waals surface area contributed by atoms with E-state index in [0.29, 0.717) is 5.92 Å². The van der Waals surface area contributed by atoms with Gasteiger partial charge in [0.25, 0.3) is 0 Å². The van der Waals surface area contributed by atoms with Crippen LogP contribution < -0.4 is 0 Å². The number of halogens is 1. The van der Waals surface area contributed by atoms with Crippen LogP contribution in [0.1, 0.15) is 45.1 Å². The Labute approximate surface area is 149 Å². The molecule has 124 valence electrons. The van der Waals surface area contributed by atoms with Gasteiger partial charge >= 0.3 is 6.09 Å². The zero-order chi connectivity index (χ0) is 16.6. The van der Waals surface area contributed by atoms with Crippen molar-refractivity contribution in [1.82, 2.24) is 15.1 Å². The third kappa shape index (κ3) is 3.79. The van der Waals surface area contributed by atoms with Crippen LogP contribution in [0.25, 0.3) is 10.9 Å². The fraction of sp³-hybridized carbons (Fsp3) is 0.529. The van der Waals surface area contributed by atoms with Gasteiger partial charge in [-0.1, -0.05) is 6.07 Å². The lowest BCUT2D eigenvalue weighted by molar-refractivity contribution is 0.0205. The highest BCUT2D eigenvalue weighted by Crippen LogP contribution is 2.31. The standard InChI is InChI=1S/C17H22IN3O2/c1-17(2,3)23-16(22)21-8-6-11(7-9-21)12-4-5-13-14(10-12)19-20-15(13)18/h4-5,10-11H,6-9H2,1-3H3,(H,19,20). The third-order valence-corrected chi connectivity index (χ3v) is 4.97. The minimum absolute atomic E-state index is 0.201. The van der Waals surface area contributed by atoms with E-state index in [1.807, 2.05) is 25.7 Å². The van der Waals surface area contributed by atoms with E-state index in [1.54, 1.807) is 0 Å². The Bertz CT molecular complexity index is 712. The number of nitrogens with zero attached hydrogens (tertiary/aromatic N) is 2. The van der Waals surface area contributed by atoms with Gasteiger partial charge in [-0.25, -0.2) is 4.79 Å². The molecule has 0 spiro atoms. The number of likely N-dealkylation sites (tertiary alicyclic amines) is 1. The van der Waals surface area contributed by atoms with E-state index in [1.165, 1.54) is 10.9 Å². The van der Waals surface area contributed by atoms with Crippen molar-refractivity contribution < 1.29 is 9.53 Å². The first-order valence-electron chi connectivity index (χ1n) is 7.95. The van der Waals surface area contributed by atoms with Crippen LogP contribution in [0.2, 0.25) is 0 Å². The lowest BCUT2D eigenvalue weighted by Gasteiger charge is -2.33. The van der Waals surface area contributed by atoms with Gasteiger partial charge in [0.2, 0.25) is 0 Å². The summed E-state index contributed by atoms with van der Waals surface area (Å²) in [5.74, 6) is 0.479. The van der Waals surface area contributed by atoms with Crippen molar-refractivity contribution in [2.24, 2.45) is 0 Å². The van der Waals surface area contributed by atoms with Gasteiger partial charge in [0.1, 0.15) is 9.30 Å². The van der Waals surface area contributed by atoms with Crippen LogP contribution in [-0.4, -0.2) is 39.9 Å². The monoisotopic (exact) mass is 427 g/mol. The average Bonchev–Trinajstić information content (AvgIpc) is 2.87. The fourth-order valence-electron chi connectivity index (χ4n) is 2.97. The van der Waals surface area contributed by atoms with Crippen molar-refractivity contribution in [1.29, 1.82) is 0 Å². The molecular weight excluding hydrogens is 405 g/mol. The van der Waals surface area contributed by atoms with Gasteiger partial charge in [-0.05, 0) is 79.8 Å². The number of ether oxygens (including phenoxy) is 1. The second-order valence-corrected chi connectivity index (χ2v) is 8.13. The minimum atomic E-state index is -0.434. The maximum atomic E-state index is 12.1. The Morgan fingerprint density at radius 1 is 1.35 bits per heavy atom. The number of benzene rings is 1. The van der Waals surface area contributed by atoms with Crippen molar-refractivity contribution in [2.45, 2.75) is 45.1 Å². The number of carbonyl (C=O) groups is 1. The molecule has 0 bridgehead atoms. The van der Waals surface area contributed by atoms with Crippen LogP contribution in [0.3, 0.4) is 0 Å². The summed E-state index contributed by atoms with van der Waals surface area (Å²) in [7, 11) is 0. The number of H-pyrrole nitrogens is 1. The molecule has 0 unspecified atom stereocenters. The van der Waals surface area contributed by atoms with Crippen LogP contribution in [-0.2, 0) is 4.74 Å². The minimum Gasteiger partial charge on any atom is -0.444 e.